The number of alkyl halides is 1. The van der Waals surface area contributed by atoms with Crippen LogP contribution in [0.2, 0.25) is 0 Å². The Bertz CT molecular complexity index is 966. The van der Waals surface area contributed by atoms with E-state index >= 15 is 0 Å². The minimum absolute atomic E-state index is 0.143. The Kier molecular flexibility index (Phi) is 11.2. The second-order valence-corrected chi connectivity index (χ2v) is 8.97. The third-order valence-electron chi connectivity index (χ3n) is 5.24. The van der Waals surface area contributed by atoms with Gasteiger partial charge in [0.15, 0.2) is 11.3 Å². The first kappa shape index (κ1) is 29.9. The first-order valence-electron chi connectivity index (χ1n) is 11.2. The smallest absolute Gasteiger partial charge is 0.250 e. The molecule has 35 heavy (non-hydrogen) atoms. The molecule has 0 unspecified atom stereocenters. The number of carbonyl (C=O) groups excluding carboxylic acids is 6. The number of amides is 3. The van der Waals surface area contributed by atoms with Crippen LogP contribution >= 0.6 is 11.6 Å². The van der Waals surface area contributed by atoms with Crippen LogP contribution in [-0.2, 0) is 28.8 Å². The average Bonchev–Trinajstić information content (AvgIpc) is 2.80. The van der Waals surface area contributed by atoms with Crippen LogP contribution in [0, 0.1) is 5.92 Å². The number of carbonyl (C=O) groups is 6. The molecule has 0 radical (unpaired) electrons. The highest BCUT2D eigenvalue weighted by Crippen LogP contribution is 2.33. The fourth-order valence-corrected chi connectivity index (χ4v) is 3.74. The molecule has 0 aliphatic carbocycles. The Balaban J connectivity index is 3.52. The van der Waals surface area contributed by atoms with E-state index in [1.807, 2.05) is 0 Å². The van der Waals surface area contributed by atoms with Crippen molar-refractivity contribution in [2.45, 2.75) is 58.7 Å². The van der Waals surface area contributed by atoms with E-state index in [2.05, 4.69) is 10.6 Å². The van der Waals surface area contributed by atoms with E-state index in [4.69, 9.17) is 17.3 Å². The molecule has 0 heterocycles. The molecule has 1 aromatic rings. The highest BCUT2D eigenvalue weighted by Gasteiger charge is 2.54. The molecule has 0 aliphatic heterocycles. The van der Waals surface area contributed by atoms with Gasteiger partial charge in [-0.05, 0) is 45.2 Å². The molecular formula is C24H33ClN4O6. The molecule has 0 fully saturated rings. The number of para-hydroxylation sites is 1. The lowest BCUT2D eigenvalue weighted by Gasteiger charge is -2.42. The van der Waals surface area contributed by atoms with E-state index in [0.717, 1.165) is 11.8 Å². The van der Waals surface area contributed by atoms with E-state index in [1.54, 1.807) is 32.0 Å². The quantitative estimate of drug-likeness (QED) is 0.201. The molecule has 1 rings (SSSR count). The Labute approximate surface area is 209 Å². The molecule has 0 saturated heterocycles. The van der Waals surface area contributed by atoms with Crippen LogP contribution in [0.4, 0.5) is 5.69 Å². The van der Waals surface area contributed by atoms with Crippen molar-refractivity contribution in [1.29, 1.82) is 0 Å². The highest BCUT2D eigenvalue weighted by molar-refractivity contribution is 6.53. The molecule has 0 saturated carbocycles. The number of anilines is 1. The SMILES string of the molecule is CC(=O)[C@](CC(C)C)(C(=O)C(=O)CCl)N(C(=O)[C@H](C)NC(=O)CNC(=O)[C@H](C)N)c1ccccc1. The molecule has 3 amide bonds. The molecular weight excluding hydrogens is 476 g/mol. The maximum atomic E-state index is 13.7. The Hall–Kier alpha value is -3.11. The van der Waals surface area contributed by atoms with Gasteiger partial charge in [0.1, 0.15) is 6.04 Å². The summed E-state index contributed by atoms with van der Waals surface area (Å²) < 4.78 is 0. The second-order valence-electron chi connectivity index (χ2n) is 8.71. The molecule has 0 aromatic heterocycles. The van der Waals surface area contributed by atoms with Gasteiger partial charge in [0.05, 0.1) is 18.5 Å². The van der Waals surface area contributed by atoms with Crippen LogP contribution in [0.25, 0.3) is 0 Å². The van der Waals surface area contributed by atoms with E-state index < -0.39 is 65.1 Å². The van der Waals surface area contributed by atoms with Crippen LogP contribution < -0.4 is 21.3 Å². The van der Waals surface area contributed by atoms with E-state index in [0.29, 0.717) is 0 Å². The largest absolute Gasteiger partial charge is 0.346 e. The topological polar surface area (TPSA) is 156 Å². The summed E-state index contributed by atoms with van der Waals surface area (Å²) in [5.41, 5.74) is 3.47. The van der Waals surface area contributed by atoms with Crippen LogP contribution in [0.5, 0.6) is 0 Å². The average molecular weight is 509 g/mol. The van der Waals surface area contributed by atoms with Crippen molar-refractivity contribution in [2.75, 3.05) is 17.3 Å². The van der Waals surface area contributed by atoms with Gasteiger partial charge in [-0.1, -0.05) is 32.0 Å². The maximum absolute atomic E-state index is 13.7. The molecule has 192 valence electrons. The number of rotatable bonds is 13. The van der Waals surface area contributed by atoms with Gasteiger partial charge in [-0.3, -0.25) is 33.7 Å². The fraction of sp³-hybridized carbons (Fsp3) is 0.500. The molecule has 1 aromatic carbocycles. The van der Waals surface area contributed by atoms with Gasteiger partial charge in [-0.25, -0.2) is 0 Å². The third kappa shape index (κ3) is 7.43. The first-order valence-corrected chi connectivity index (χ1v) is 11.7. The van der Waals surface area contributed by atoms with E-state index in [-0.39, 0.29) is 18.0 Å². The predicted molar refractivity (Wildman–Crippen MR) is 132 cm³/mol. The molecule has 4 N–H and O–H groups in total. The first-order chi connectivity index (χ1) is 16.3. The van der Waals surface area contributed by atoms with Crippen LogP contribution in [0.15, 0.2) is 30.3 Å². The van der Waals surface area contributed by atoms with Crippen molar-refractivity contribution >= 4 is 52.4 Å². The predicted octanol–water partition coefficient (Wildman–Crippen LogP) is 0.739. The lowest BCUT2D eigenvalue weighted by atomic mass is 9.78. The highest BCUT2D eigenvalue weighted by atomic mass is 35.5. The normalized spacial score (nSPS) is 14.3. The summed E-state index contributed by atoms with van der Waals surface area (Å²) in [5.74, 6) is -5.79. The molecule has 0 aliphatic rings. The number of ketones is 3. The summed E-state index contributed by atoms with van der Waals surface area (Å²) >= 11 is 5.65. The van der Waals surface area contributed by atoms with Gasteiger partial charge in [-0.15, -0.1) is 11.6 Å². The van der Waals surface area contributed by atoms with Crippen molar-refractivity contribution in [3.63, 3.8) is 0 Å². The number of Topliss-reactive ketones (excluding diaryl/α,β-unsaturated/α-hetero) is 3. The zero-order valence-electron chi connectivity index (χ0n) is 20.6. The van der Waals surface area contributed by atoms with Gasteiger partial charge in [-0.2, -0.15) is 0 Å². The molecule has 3 atom stereocenters. The van der Waals surface area contributed by atoms with Gasteiger partial charge in [0.25, 0.3) is 5.91 Å². The van der Waals surface area contributed by atoms with Crippen LogP contribution in [0.3, 0.4) is 0 Å². The van der Waals surface area contributed by atoms with Crippen molar-refractivity contribution < 1.29 is 28.8 Å². The third-order valence-corrected chi connectivity index (χ3v) is 5.48. The summed E-state index contributed by atoms with van der Waals surface area (Å²) in [5, 5.41) is 4.79. The van der Waals surface area contributed by atoms with Crippen molar-refractivity contribution in [2.24, 2.45) is 11.7 Å². The van der Waals surface area contributed by atoms with Gasteiger partial charge < -0.3 is 16.4 Å². The second kappa shape index (κ2) is 13.1. The summed E-state index contributed by atoms with van der Waals surface area (Å²) in [6.45, 7) is 7.02. The van der Waals surface area contributed by atoms with Crippen molar-refractivity contribution in [3.8, 4) is 0 Å². The van der Waals surface area contributed by atoms with Crippen LogP contribution in [0.1, 0.15) is 41.0 Å². The fourth-order valence-electron chi connectivity index (χ4n) is 3.62. The molecule has 0 bridgehead atoms. The molecule has 0 spiro atoms. The maximum Gasteiger partial charge on any atom is 0.250 e. The minimum Gasteiger partial charge on any atom is -0.346 e. The minimum atomic E-state index is -2.17. The van der Waals surface area contributed by atoms with Gasteiger partial charge in [0, 0.05) is 5.69 Å². The summed E-state index contributed by atoms with van der Waals surface area (Å²) in [7, 11) is 0. The summed E-state index contributed by atoms with van der Waals surface area (Å²) in [6.07, 6.45) is -0.143. The summed E-state index contributed by atoms with van der Waals surface area (Å²) in [6, 6.07) is 5.89. The monoisotopic (exact) mass is 508 g/mol. The van der Waals surface area contributed by atoms with Crippen molar-refractivity contribution in [1.82, 2.24) is 10.6 Å². The Morgan fingerprint density at radius 2 is 1.60 bits per heavy atom. The summed E-state index contributed by atoms with van der Waals surface area (Å²) in [4.78, 5) is 77.6. The standard InChI is InChI=1S/C24H33ClN4O6/c1-14(2)11-24(17(5)30,21(33)19(31)12-25)29(18-9-7-6-8-10-18)23(35)16(4)28-20(32)13-27-22(34)15(3)26/h6-10,14-16H,11-13,26H2,1-5H3,(H,27,34)(H,28,32)/t15-,16-,24+/m0/s1. The lowest BCUT2D eigenvalue weighted by molar-refractivity contribution is -0.145. The molecule has 10 nitrogen and oxygen atoms in total. The lowest BCUT2D eigenvalue weighted by Crippen LogP contribution is -2.67. The number of nitrogens with zero attached hydrogens (tertiary/aromatic N) is 1. The van der Waals surface area contributed by atoms with E-state index in [1.165, 1.54) is 26.0 Å². The zero-order chi connectivity index (χ0) is 26.9. The Morgan fingerprint density at radius 1 is 1.03 bits per heavy atom. The zero-order valence-corrected chi connectivity index (χ0v) is 21.3. The van der Waals surface area contributed by atoms with Crippen LogP contribution in [-0.4, -0.2) is 65.1 Å². The van der Waals surface area contributed by atoms with E-state index in [9.17, 15) is 28.8 Å². The number of nitrogens with one attached hydrogen (secondary N) is 2. The van der Waals surface area contributed by atoms with Gasteiger partial charge in [0.2, 0.25) is 23.4 Å². The number of halogens is 1. The van der Waals surface area contributed by atoms with Crippen molar-refractivity contribution in [3.05, 3.63) is 30.3 Å². The number of benzene rings is 1. The van der Waals surface area contributed by atoms with Gasteiger partial charge >= 0.3 is 0 Å². The Morgan fingerprint density at radius 3 is 2.06 bits per heavy atom. The number of nitrogens with two attached hydrogens (primary N) is 1. The number of hydrogen-bond donors (Lipinski definition) is 3. The molecule has 11 heteroatoms. The number of hydrogen-bond acceptors (Lipinski definition) is 7.